The van der Waals surface area contributed by atoms with Crippen molar-refractivity contribution >= 4 is 5.78 Å². The minimum atomic E-state index is 0.116. The van der Waals surface area contributed by atoms with E-state index in [1.165, 1.54) is 22.3 Å². The number of hydrogen-bond donors (Lipinski definition) is 0. The standard InChI is InChI=1S/C19H26O/c1-18(2,3)13-9-10-14(19(4,5)6)16-12-8-7-11(15(13)16)17(12)20/h9-12H,7-8H2,1-6H3. The predicted molar refractivity (Wildman–Crippen MR) is 83.6 cm³/mol. The van der Waals surface area contributed by atoms with Gasteiger partial charge in [-0.2, -0.15) is 0 Å². The van der Waals surface area contributed by atoms with E-state index in [0.29, 0.717) is 5.78 Å². The maximum Gasteiger partial charge on any atom is 0.147 e. The molecule has 1 aromatic carbocycles. The SMILES string of the molecule is CC(C)(C)c1ccc(C(C)(C)C)c2c1C1CCC2C1=O. The Balaban J connectivity index is 2.31. The molecule has 108 valence electrons. The zero-order valence-corrected chi connectivity index (χ0v) is 13.6. The van der Waals surface area contributed by atoms with Gasteiger partial charge < -0.3 is 0 Å². The maximum absolute atomic E-state index is 12.6. The normalized spacial score (nSPS) is 25.2. The van der Waals surface area contributed by atoms with Crippen LogP contribution in [-0.2, 0) is 15.6 Å². The number of ketones is 1. The molecule has 2 aliphatic carbocycles. The Morgan fingerprint density at radius 1 is 0.800 bits per heavy atom. The van der Waals surface area contributed by atoms with Crippen LogP contribution in [0.25, 0.3) is 0 Å². The predicted octanol–water partition coefficient (Wildman–Crippen LogP) is 4.83. The largest absolute Gasteiger partial charge is 0.298 e. The number of hydrogen-bond acceptors (Lipinski definition) is 1. The fourth-order valence-corrected chi connectivity index (χ4v) is 4.13. The van der Waals surface area contributed by atoms with Gasteiger partial charge in [0.2, 0.25) is 0 Å². The summed E-state index contributed by atoms with van der Waals surface area (Å²) in [6.07, 6.45) is 2.13. The van der Waals surface area contributed by atoms with Crippen LogP contribution in [0.5, 0.6) is 0 Å². The molecule has 0 radical (unpaired) electrons. The summed E-state index contributed by atoms with van der Waals surface area (Å²) in [7, 11) is 0. The van der Waals surface area contributed by atoms with Crippen LogP contribution in [-0.4, -0.2) is 5.78 Å². The third-order valence-corrected chi connectivity index (χ3v) is 5.03. The van der Waals surface area contributed by atoms with Gasteiger partial charge in [-0.3, -0.25) is 4.79 Å². The molecule has 1 nitrogen and oxygen atoms in total. The van der Waals surface area contributed by atoms with Crippen LogP contribution in [0.2, 0.25) is 0 Å². The first-order chi connectivity index (χ1) is 9.12. The molecule has 0 spiro atoms. The maximum atomic E-state index is 12.6. The van der Waals surface area contributed by atoms with Gasteiger partial charge in [-0.05, 0) is 45.9 Å². The van der Waals surface area contributed by atoms with Gasteiger partial charge in [0.1, 0.15) is 5.78 Å². The number of fused-ring (bicyclic) bond motifs is 5. The second kappa shape index (κ2) is 3.96. The highest BCUT2D eigenvalue weighted by Crippen LogP contribution is 2.55. The molecule has 2 unspecified atom stereocenters. The summed E-state index contributed by atoms with van der Waals surface area (Å²) >= 11 is 0. The van der Waals surface area contributed by atoms with Gasteiger partial charge >= 0.3 is 0 Å². The summed E-state index contributed by atoms with van der Waals surface area (Å²) < 4.78 is 0. The van der Waals surface area contributed by atoms with E-state index in [1.54, 1.807) is 0 Å². The average Bonchev–Trinajstić information content (AvgIpc) is 2.79. The van der Waals surface area contributed by atoms with Crippen molar-refractivity contribution in [2.75, 3.05) is 0 Å². The van der Waals surface area contributed by atoms with Crippen molar-refractivity contribution in [1.82, 2.24) is 0 Å². The van der Waals surface area contributed by atoms with Gasteiger partial charge in [0.15, 0.2) is 0 Å². The third kappa shape index (κ3) is 1.78. The number of benzene rings is 1. The van der Waals surface area contributed by atoms with Crippen LogP contribution in [0.1, 0.15) is 88.5 Å². The molecular formula is C19H26O. The first-order valence-electron chi connectivity index (χ1n) is 7.84. The lowest BCUT2D eigenvalue weighted by Crippen LogP contribution is -2.21. The lowest BCUT2D eigenvalue weighted by atomic mass is 9.72. The molecular weight excluding hydrogens is 244 g/mol. The molecule has 0 amide bonds. The van der Waals surface area contributed by atoms with Gasteiger partial charge in [-0.1, -0.05) is 53.7 Å². The molecule has 3 rings (SSSR count). The monoisotopic (exact) mass is 270 g/mol. The fraction of sp³-hybridized carbons (Fsp3) is 0.632. The molecule has 2 bridgehead atoms. The number of rotatable bonds is 0. The van der Waals surface area contributed by atoms with E-state index in [0.717, 1.165) is 12.8 Å². The van der Waals surface area contributed by atoms with Gasteiger partial charge in [0.25, 0.3) is 0 Å². The highest BCUT2D eigenvalue weighted by molar-refractivity contribution is 6.00. The van der Waals surface area contributed by atoms with Crippen molar-refractivity contribution in [2.24, 2.45) is 0 Å². The minimum absolute atomic E-state index is 0.116. The van der Waals surface area contributed by atoms with Crippen LogP contribution in [0.4, 0.5) is 0 Å². The van der Waals surface area contributed by atoms with Crippen molar-refractivity contribution in [2.45, 2.75) is 77.0 Å². The summed E-state index contributed by atoms with van der Waals surface area (Å²) in [6, 6.07) is 4.57. The van der Waals surface area contributed by atoms with Crippen molar-refractivity contribution < 1.29 is 4.79 Å². The third-order valence-electron chi connectivity index (χ3n) is 5.03. The fourth-order valence-electron chi connectivity index (χ4n) is 4.13. The zero-order chi connectivity index (χ0) is 14.9. The van der Waals surface area contributed by atoms with Gasteiger partial charge in [0, 0.05) is 11.8 Å². The average molecular weight is 270 g/mol. The summed E-state index contributed by atoms with van der Waals surface area (Å²) in [5.74, 6) is 0.861. The van der Waals surface area contributed by atoms with Crippen molar-refractivity contribution in [3.8, 4) is 0 Å². The number of carbonyl (C=O) groups excluding carboxylic acids is 1. The number of carbonyl (C=O) groups is 1. The van der Waals surface area contributed by atoms with Crippen LogP contribution in [0.15, 0.2) is 12.1 Å². The second-order valence-corrected chi connectivity index (χ2v) is 8.57. The van der Waals surface area contributed by atoms with Crippen molar-refractivity contribution in [1.29, 1.82) is 0 Å². The summed E-state index contributed by atoms with van der Waals surface area (Å²) in [6.45, 7) is 13.6. The highest BCUT2D eigenvalue weighted by Gasteiger charge is 2.48. The lowest BCUT2D eigenvalue weighted by molar-refractivity contribution is -0.119. The van der Waals surface area contributed by atoms with Gasteiger partial charge in [-0.25, -0.2) is 0 Å². The zero-order valence-electron chi connectivity index (χ0n) is 13.6. The smallest absolute Gasteiger partial charge is 0.147 e. The molecule has 1 saturated carbocycles. The molecule has 0 aliphatic heterocycles. The molecule has 1 heteroatoms. The van der Waals surface area contributed by atoms with Crippen LogP contribution < -0.4 is 0 Å². The van der Waals surface area contributed by atoms with Gasteiger partial charge in [0.05, 0.1) is 0 Å². The van der Waals surface area contributed by atoms with Crippen LogP contribution >= 0.6 is 0 Å². The Kier molecular flexibility index (Phi) is 2.74. The molecule has 2 aliphatic rings. The molecule has 0 N–H and O–H groups in total. The molecule has 0 heterocycles. The Morgan fingerprint density at radius 3 is 1.45 bits per heavy atom. The van der Waals surface area contributed by atoms with Crippen LogP contribution in [0, 0.1) is 0 Å². The van der Waals surface area contributed by atoms with E-state index in [4.69, 9.17) is 0 Å². The quantitative estimate of drug-likeness (QED) is 0.660. The summed E-state index contributed by atoms with van der Waals surface area (Å²) in [5.41, 5.74) is 5.80. The second-order valence-electron chi connectivity index (χ2n) is 8.57. The molecule has 1 fully saturated rings. The Morgan fingerprint density at radius 2 is 1.15 bits per heavy atom. The first kappa shape index (κ1) is 13.9. The van der Waals surface area contributed by atoms with E-state index in [2.05, 4.69) is 53.7 Å². The molecule has 0 aromatic heterocycles. The Bertz CT molecular complexity index is 530. The molecule has 2 atom stereocenters. The summed E-state index contributed by atoms with van der Waals surface area (Å²) in [4.78, 5) is 12.6. The summed E-state index contributed by atoms with van der Waals surface area (Å²) in [5, 5.41) is 0. The highest BCUT2D eigenvalue weighted by atomic mass is 16.1. The van der Waals surface area contributed by atoms with Gasteiger partial charge in [-0.15, -0.1) is 0 Å². The van der Waals surface area contributed by atoms with Crippen molar-refractivity contribution in [3.63, 3.8) is 0 Å². The minimum Gasteiger partial charge on any atom is -0.298 e. The molecule has 1 aromatic rings. The number of Topliss-reactive ketones (excluding diaryl/α,β-unsaturated/α-hetero) is 1. The van der Waals surface area contributed by atoms with Crippen molar-refractivity contribution in [3.05, 3.63) is 34.4 Å². The Labute approximate surface area is 122 Å². The van der Waals surface area contributed by atoms with Crippen LogP contribution in [0.3, 0.4) is 0 Å². The molecule has 20 heavy (non-hydrogen) atoms. The van der Waals surface area contributed by atoms with E-state index in [-0.39, 0.29) is 22.7 Å². The first-order valence-corrected chi connectivity index (χ1v) is 7.84. The van der Waals surface area contributed by atoms with E-state index in [1.807, 2.05) is 0 Å². The van der Waals surface area contributed by atoms with E-state index in [9.17, 15) is 4.79 Å². The topological polar surface area (TPSA) is 17.1 Å². The molecule has 0 saturated heterocycles. The van der Waals surface area contributed by atoms with E-state index < -0.39 is 0 Å². The lowest BCUT2D eigenvalue weighted by Gasteiger charge is -2.32. The Hall–Kier alpha value is -1.11. The van der Waals surface area contributed by atoms with E-state index >= 15 is 0 Å².